The maximum atomic E-state index is 5.73. The highest BCUT2D eigenvalue weighted by molar-refractivity contribution is 5.42. The molecule has 1 saturated heterocycles. The molecule has 0 atom stereocenters. The third kappa shape index (κ3) is 4.20. The van der Waals surface area contributed by atoms with Crippen molar-refractivity contribution in [3.8, 4) is 0 Å². The topological polar surface area (TPSA) is 89.2 Å². The van der Waals surface area contributed by atoms with Gasteiger partial charge in [0.05, 0.1) is 0 Å². The second kappa shape index (κ2) is 7.08. The van der Waals surface area contributed by atoms with Crippen LogP contribution >= 0.6 is 0 Å². The average molecular weight is 266 g/mol. The van der Waals surface area contributed by atoms with Crippen LogP contribution in [0.25, 0.3) is 0 Å². The molecule has 2 heterocycles. The highest BCUT2D eigenvalue weighted by Gasteiger charge is 2.16. The second-order valence-electron chi connectivity index (χ2n) is 4.49. The smallest absolute Gasteiger partial charge is 0.231 e. The Kier molecular flexibility index (Phi) is 5.14. The molecule has 19 heavy (non-hydrogen) atoms. The minimum absolute atomic E-state index is 0.268. The fourth-order valence-corrected chi connectivity index (χ4v) is 2.04. The summed E-state index contributed by atoms with van der Waals surface area (Å²) in [5, 5.41) is 3.16. The Balaban J connectivity index is 1.89. The summed E-state index contributed by atoms with van der Waals surface area (Å²) >= 11 is 0. The largest absolute Gasteiger partial charge is 0.382 e. The van der Waals surface area contributed by atoms with Gasteiger partial charge in [0.1, 0.15) is 0 Å². The fraction of sp³-hybridized carbons (Fsp3) is 0.750. The van der Waals surface area contributed by atoms with Crippen LogP contribution < -0.4 is 16.0 Å². The summed E-state index contributed by atoms with van der Waals surface area (Å²) in [5.74, 6) is 1.49. The van der Waals surface area contributed by atoms with E-state index in [1.54, 1.807) is 0 Å². The van der Waals surface area contributed by atoms with Crippen LogP contribution in [-0.4, -0.2) is 47.8 Å². The lowest BCUT2D eigenvalue weighted by atomic mass is 10.4. The first kappa shape index (κ1) is 13.8. The number of ether oxygens (including phenoxy) is 1. The van der Waals surface area contributed by atoms with Crippen LogP contribution in [0.4, 0.5) is 17.8 Å². The molecule has 0 unspecified atom stereocenters. The van der Waals surface area contributed by atoms with Crippen LogP contribution in [0.3, 0.4) is 0 Å². The Morgan fingerprint density at radius 2 is 2.05 bits per heavy atom. The van der Waals surface area contributed by atoms with Crippen molar-refractivity contribution in [2.24, 2.45) is 0 Å². The highest BCUT2D eigenvalue weighted by Crippen LogP contribution is 2.17. The second-order valence-corrected chi connectivity index (χ2v) is 4.49. The monoisotopic (exact) mass is 266 g/mol. The van der Waals surface area contributed by atoms with Gasteiger partial charge in [0.25, 0.3) is 0 Å². The first-order chi connectivity index (χ1) is 9.29. The average Bonchev–Trinajstić information content (AvgIpc) is 2.92. The fourth-order valence-electron chi connectivity index (χ4n) is 2.04. The summed E-state index contributed by atoms with van der Waals surface area (Å²) in [6, 6.07) is 0. The zero-order valence-corrected chi connectivity index (χ0v) is 11.4. The number of hydrogen-bond acceptors (Lipinski definition) is 7. The Bertz CT molecular complexity index is 394. The van der Waals surface area contributed by atoms with E-state index in [0.717, 1.165) is 39.3 Å². The van der Waals surface area contributed by atoms with E-state index in [-0.39, 0.29) is 5.95 Å². The molecule has 0 amide bonds. The molecular formula is C12H22N6O. The van der Waals surface area contributed by atoms with Crippen LogP contribution in [0.1, 0.15) is 26.2 Å². The van der Waals surface area contributed by atoms with Gasteiger partial charge in [0, 0.05) is 32.8 Å². The molecule has 0 radical (unpaired) electrons. The van der Waals surface area contributed by atoms with Crippen molar-refractivity contribution in [2.45, 2.75) is 26.2 Å². The summed E-state index contributed by atoms with van der Waals surface area (Å²) in [6.07, 6.45) is 3.28. The SMILES string of the molecule is CCOCCCNc1nc(N)nc(N2CCCC2)n1. The first-order valence-corrected chi connectivity index (χ1v) is 6.87. The van der Waals surface area contributed by atoms with Gasteiger partial charge in [-0.05, 0) is 26.2 Å². The van der Waals surface area contributed by atoms with Crippen LogP contribution in [0.15, 0.2) is 0 Å². The normalized spacial score (nSPS) is 14.9. The maximum absolute atomic E-state index is 5.73. The first-order valence-electron chi connectivity index (χ1n) is 6.87. The van der Waals surface area contributed by atoms with E-state index in [2.05, 4.69) is 25.2 Å². The number of rotatable bonds is 7. The number of hydrogen-bond donors (Lipinski definition) is 2. The molecule has 1 aromatic heterocycles. The Morgan fingerprint density at radius 1 is 1.26 bits per heavy atom. The minimum Gasteiger partial charge on any atom is -0.382 e. The molecule has 7 nitrogen and oxygen atoms in total. The summed E-state index contributed by atoms with van der Waals surface area (Å²) in [6.45, 7) is 6.23. The number of nitrogen functional groups attached to an aromatic ring is 1. The lowest BCUT2D eigenvalue weighted by molar-refractivity contribution is 0.147. The van der Waals surface area contributed by atoms with E-state index in [0.29, 0.717) is 11.9 Å². The maximum Gasteiger partial charge on any atom is 0.231 e. The van der Waals surface area contributed by atoms with Gasteiger partial charge in [-0.1, -0.05) is 0 Å². The summed E-state index contributed by atoms with van der Waals surface area (Å²) in [7, 11) is 0. The molecule has 1 aliphatic rings. The minimum atomic E-state index is 0.268. The van der Waals surface area contributed by atoms with Crippen molar-refractivity contribution in [3.05, 3.63) is 0 Å². The van der Waals surface area contributed by atoms with Gasteiger partial charge in [-0.2, -0.15) is 15.0 Å². The van der Waals surface area contributed by atoms with Gasteiger partial charge >= 0.3 is 0 Å². The molecule has 0 aliphatic carbocycles. The lowest BCUT2D eigenvalue weighted by Gasteiger charge is -2.16. The van der Waals surface area contributed by atoms with Crippen LogP contribution in [0.5, 0.6) is 0 Å². The predicted octanol–water partition coefficient (Wildman–Crippen LogP) is 0.892. The molecular weight excluding hydrogens is 244 g/mol. The van der Waals surface area contributed by atoms with Gasteiger partial charge in [-0.25, -0.2) is 0 Å². The van der Waals surface area contributed by atoms with Crippen molar-refractivity contribution >= 4 is 17.8 Å². The zero-order chi connectivity index (χ0) is 13.5. The van der Waals surface area contributed by atoms with Crippen molar-refractivity contribution in [2.75, 3.05) is 48.8 Å². The molecule has 1 aliphatic heterocycles. The third-order valence-corrected chi connectivity index (χ3v) is 2.98. The number of aromatic nitrogens is 3. The summed E-state index contributed by atoms with van der Waals surface area (Å²) in [5.41, 5.74) is 5.73. The van der Waals surface area contributed by atoms with Gasteiger partial charge in [0.15, 0.2) is 0 Å². The third-order valence-electron chi connectivity index (χ3n) is 2.98. The number of nitrogens with one attached hydrogen (secondary N) is 1. The van der Waals surface area contributed by atoms with Gasteiger partial charge in [0.2, 0.25) is 17.8 Å². The zero-order valence-electron chi connectivity index (χ0n) is 11.4. The quantitative estimate of drug-likeness (QED) is 0.708. The molecule has 0 spiro atoms. The lowest BCUT2D eigenvalue weighted by Crippen LogP contribution is -2.22. The van der Waals surface area contributed by atoms with Crippen LogP contribution in [0, 0.1) is 0 Å². The van der Waals surface area contributed by atoms with E-state index >= 15 is 0 Å². The number of anilines is 3. The predicted molar refractivity (Wildman–Crippen MR) is 75.3 cm³/mol. The van der Waals surface area contributed by atoms with Crippen molar-refractivity contribution < 1.29 is 4.74 Å². The Morgan fingerprint density at radius 3 is 2.79 bits per heavy atom. The van der Waals surface area contributed by atoms with E-state index < -0.39 is 0 Å². The molecule has 3 N–H and O–H groups in total. The Hall–Kier alpha value is -1.63. The van der Waals surface area contributed by atoms with Gasteiger partial charge in [-0.15, -0.1) is 0 Å². The van der Waals surface area contributed by atoms with E-state index in [9.17, 15) is 0 Å². The Labute approximate surface area is 113 Å². The molecule has 7 heteroatoms. The molecule has 2 rings (SSSR count). The van der Waals surface area contributed by atoms with E-state index in [4.69, 9.17) is 10.5 Å². The molecule has 0 aromatic carbocycles. The molecule has 106 valence electrons. The molecule has 0 bridgehead atoms. The van der Waals surface area contributed by atoms with E-state index in [1.807, 2.05) is 6.92 Å². The molecule has 0 saturated carbocycles. The van der Waals surface area contributed by atoms with Crippen LogP contribution in [-0.2, 0) is 4.74 Å². The van der Waals surface area contributed by atoms with Crippen molar-refractivity contribution in [3.63, 3.8) is 0 Å². The van der Waals surface area contributed by atoms with Gasteiger partial charge in [-0.3, -0.25) is 0 Å². The van der Waals surface area contributed by atoms with Crippen molar-refractivity contribution in [1.82, 2.24) is 15.0 Å². The van der Waals surface area contributed by atoms with Gasteiger partial charge < -0.3 is 20.7 Å². The molecule has 1 aromatic rings. The van der Waals surface area contributed by atoms with E-state index in [1.165, 1.54) is 12.8 Å². The summed E-state index contributed by atoms with van der Waals surface area (Å²) < 4.78 is 5.27. The summed E-state index contributed by atoms with van der Waals surface area (Å²) in [4.78, 5) is 14.8. The number of nitrogens with two attached hydrogens (primary N) is 1. The van der Waals surface area contributed by atoms with Crippen LogP contribution in [0.2, 0.25) is 0 Å². The molecule has 1 fully saturated rings. The van der Waals surface area contributed by atoms with Crippen molar-refractivity contribution in [1.29, 1.82) is 0 Å². The number of nitrogens with zero attached hydrogens (tertiary/aromatic N) is 4. The highest BCUT2D eigenvalue weighted by atomic mass is 16.5. The standard InChI is InChI=1S/C12H22N6O/c1-2-19-9-5-6-14-11-15-10(13)16-12(17-11)18-7-3-4-8-18/h2-9H2,1H3,(H3,13,14,15,16,17).